The van der Waals surface area contributed by atoms with Crippen LogP contribution in [0.1, 0.15) is 37.3 Å². The molecule has 122 valence electrons. The van der Waals surface area contributed by atoms with E-state index >= 15 is 0 Å². The molecule has 0 saturated carbocycles. The van der Waals surface area contributed by atoms with Crippen LogP contribution in [0.3, 0.4) is 0 Å². The largest absolute Gasteiger partial charge is 0.348 e. The van der Waals surface area contributed by atoms with E-state index in [1.807, 2.05) is 35.7 Å². The summed E-state index contributed by atoms with van der Waals surface area (Å²) in [6.07, 6.45) is 0.328. The van der Waals surface area contributed by atoms with Crippen LogP contribution in [0.15, 0.2) is 41.8 Å². The minimum atomic E-state index is -0.105. The monoisotopic (exact) mass is 330 g/mol. The zero-order valence-electron chi connectivity index (χ0n) is 13.6. The first-order valence-electron chi connectivity index (χ1n) is 7.65. The van der Waals surface area contributed by atoms with Crippen molar-refractivity contribution in [3.8, 4) is 0 Å². The van der Waals surface area contributed by atoms with Crippen molar-refractivity contribution in [1.29, 1.82) is 0 Å². The molecule has 1 atom stereocenters. The summed E-state index contributed by atoms with van der Waals surface area (Å²) in [6.45, 7) is 5.68. The third-order valence-corrected chi connectivity index (χ3v) is 4.43. The Morgan fingerprint density at radius 3 is 2.35 bits per heavy atom. The summed E-state index contributed by atoms with van der Waals surface area (Å²) < 4.78 is 0. The molecule has 1 heterocycles. The van der Waals surface area contributed by atoms with Gasteiger partial charge in [-0.3, -0.25) is 9.59 Å². The maximum Gasteiger partial charge on any atom is 0.224 e. The van der Waals surface area contributed by atoms with Crippen LogP contribution in [0.4, 0.5) is 5.69 Å². The van der Waals surface area contributed by atoms with E-state index in [1.54, 1.807) is 11.3 Å². The highest BCUT2D eigenvalue weighted by atomic mass is 32.1. The molecule has 0 bridgehead atoms. The third-order valence-electron chi connectivity index (χ3n) is 3.47. The van der Waals surface area contributed by atoms with E-state index in [4.69, 9.17) is 0 Å². The summed E-state index contributed by atoms with van der Waals surface area (Å²) in [7, 11) is 0. The Labute approximate surface area is 140 Å². The molecule has 2 amide bonds. The fraction of sp³-hybridized carbons (Fsp3) is 0.333. The molecule has 0 aliphatic carbocycles. The number of thiophene rings is 1. The lowest BCUT2D eigenvalue weighted by Gasteiger charge is -2.21. The van der Waals surface area contributed by atoms with E-state index < -0.39 is 0 Å². The SMILES string of the molecule is CC(=O)Nc1ccc(CC(=O)N[C@H](c2cccs2)C(C)C)cc1. The zero-order chi connectivity index (χ0) is 16.8. The van der Waals surface area contributed by atoms with Gasteiger partial charge in [-0.25, -0.2) is 0 Å². The van der Waals surface area contributed by atoms with Crippen molar-refractivity contribution in [3.63, 3.8) is 0 Å². The average molecular weight is 330 g/mol. The lowest BCUT2D eigenvalue weighted by molar-refractivity contribution is -0.121. The quantitative estimate of drug-likeness (QED) is 0.847. The number of amides is 2. The molecule has 0 unspecified atom stereocenters. The molecule has 0 saturated heterocycles. The van der Waals surface area contributed by atoms with Gasteiger partial charge in [0.2, 0.25) is 11.8 Å². The maximum atomic E-state index is 12.3. The molecule has 0 fully saturated rings. The molecule has 2 aromatic rings. The summed E-state index contributed by atoms with van der Waals surface area (Å²) in [6, 6.07) is 11.4. The fourth-order valence-electron chi connectivity index (χ4n) is 2.35. The highest BCUT2D eigenvalue weighted by Crippen LogP contribution is 2.25. The van der Waals surface area contributed by atoms with E-state index in [9.17, 15) is 9.59 Å². The van der Waals surface area contributed by atoms with E-state index in [-0.39, 0.29) is 17.9 Å². The fourth-order valence-corrected chi connectivity index (χ4v) is 3.30. The van der Waals surface area contributed by atoms with Gasteiger partial charge < -0.3 is 10.6 Å². The molecule has 0 aliphatic rings. The summed E-state index contributed by atoms with van der Waals surface area (Å²) >= 11 is 1.66. The molecule has 1 aromatic heterocycles. The molecule has 0 aliphatic heterocycles. The third kappa shape index (κ3) is 5.21. The minimum Gasteiger partial charge on any atom is -0.348 e. The maximum absolute atomic E-state index is 12.3. The van der Waals surface area contributed by atoms with Gasteiger partial charge in [-0.15, -0.1) is 11.3 Å². The van der Waals surface area contributed by atoms with Gasteiger partial charge in [0.25, 0.3) is 0 Å². The molecule has 23 heavy (non-hydrogen) atoms. The van der Waals surface area contributed by atoms with Gasteiger partial charge in [0.1, 0.15) is 0 Å². The van der Waals surface area contributed by atoms with Gasteiger partial charge in [0.05, 0.1) is 12.5 Å². The van der Waals surface area contributed by atoms with Gasteiger partial charge >= 0.3 is 0 Å². The Hall–Kier alpha value is -2.14. The lowest BCUT2D eigenvalue weighted by Crippen LogP contribution is -2.32. The highest BCUT2D eigenvalue weighted by molar-refractivity contribution is 7.10. The van der Waals surface area contributed by atoms with Crippen LogP contribution in [0.2, 0.25) is 0 Å². The second-order valence-corrected chi connectivity index (χ2v) is 6.84. The van der Waals surface area contributed by atoms with E-state index in [2.05, 4.69) is 30.5 Å². The van der Waals surface area contributed by atoms with E-state index in [1.165, 1.54) is 11.8 Å². The van der Waals surface area contributed by atoms with Gasteiger partial charge in [-0.05, 0) is 35.1 Å². The predicted molar refractivity (Wildman–Crippen MR) is 94.5 cm³/mol. The lowest BCUT2D eigenvalue weighted by atomic mass is 10.0. The van der Waals surface area contributed by atoms with Crippen molar-refractivity contribution >= 4 is 28.8 Å². The van der Waals surface area contributed by atoms with E-state index in [0.717, 1.165) is 11.3 Å². The van der Waals surface area contributed by atoms with E-state index in [0.29, 0.717) is 12.3 Å². The van der Waals surface area contributed by atoms with Crippen LogP contribution in [-0.4, -0.2) is 11.8 Å². The summed E-state index contributed by atoms with van der Waals surface area (Å²) in [4.78, 5) is 24.5. The smallest absolute Gasteiger partial charge is 0.224 e. The van der Waals surface area contributed by atoms with Gasteiger partial charge in [0.15, 0.2) is 0 Å². The number of benzene rings is 1. The normalized spacial score (nSPS) is 12.0. The first kappa shape index (κ1) is 17.2. The van der Waals surface area contributed by atoms with Gasteiger partial charge in [-0.2, -0.15) is 0 Å². The average Bonchev–Trinajstić information content (AvgIpc) is 3.00. The Balaban J connectivity index is 1.97. The van der Waals surface area contributed by atoms with Crippen LogP contribution in [0.25, 0.3) is 0 Å². The summed E-state index contributed by atoms with van der Waals surface area (Å²) in [5, 5.41) is 7.85. The number of rotatable bonds is 6. The number of anilines is 1. The minimum absolute atomic E-state index is 0.00405. The number of carbonyl (C=O) groups excluding carboxylic acids is 2. The Morgan fingerprint density at radius 1 is 1.13 bits per heavy atom. The first-order valence-corrected chi connectivity index (χ1v) is 8.53. The molecule has 0 radical (unpaired) electrons. The van der Waals surface area contributed by atoms with Crippen LogP contribution in [-0.2, 0) is 16.0 Å². The highest BCUT2D eigenvalue weighted by Gasteiger charge is 2.19. The number of hydrogen-bond acceptors (Lipinski definition) is 3. The first-order chi connectivity index (χ1) is 11.0. The number of carbonyl (C=O) groups is 2. The number of hydrogen-bond donors (Lipinski definition) is 2. The zero-order valence-corrected chi connectivity index (χ0v) is 14.4. The second-order valence-electron chi connectivity index (χ2n) is 5.86. The van der Waals surface area contributed by atoms with Crippen molar-refractivity contribution in [2.24, 2.45) is 5.92 Å². The standard InChI is InChI=1S/C18H22N2O2S/c1-12(2)18(16-5-4-10-23-16)20-17(22)11-14-6-8-15(9-7-14)19-13(3)21/h4-10,12,18H,11H2,1-3H3,(H,19,21)(H,20,22)/t18-/m0/s1. The van der Waals surface area contributed by atoms with Crippen molar-refractivity contribution in [2.45, 2.75) is 33.2 Å². The van der Waals surface area contributed by atoms with Gasteiger partial charge in [0, 0.05) is 17.5 Å². The summed E-state index contributed by atoms with van der Waals surface area (Å²) in [5.74, 6) is 0.232. The van der Waals surface area contributed by atoms with Crippen molar-refractivity contribution in [3.05, 3.63) is 52.2 Å². The molecule has 1 aromatic carbocycles. The molecular formula is C18H22N2O2S. The topological polar surface area (TPSA) is 58.2 Å². The van der Waals surface area contributed by atoms with Crippen molar-refractivity contribution in [2.75, 3.05) is 5.32 Å². The molecular weight excluding hydrogens is 308 g/mol. The van der Waals surface area contributed by atoms with Crippen LogP contribution < -0.4 is 10.6 Å². The Kier molecular flexibility index (Phi) is 5.93. The molecule has 4 nitrogen and oxygen atoms in total. The Morgan fingerprint density at radius 2 is 1.83 bits per heavy atom. The summed E-state index contributed by atoms with van der Waals surface area (Å²) in [5.41, 5.74) is 1.66. The molecule has 0 spiro atoms. The van der Waals surface area contributed by atoms with Gasteiger partial charge in [-0.1, -0.05) is 32.0 Å². The van der Waals surface area contributed by atoms with Crippen LogP contribution in [0.5, 0.6) is 0 Å². The number of nitrogens with one attached hydrogen (secondary N) is 2. The van der Waals surface area contributed by atoms with Crippen LogP contribution in [0, 0.1) is 5.92 Å². The molecule has 2 N–H and O–H groups in total. The molecule has 2 rings (SSSR count). The van der Waals surface area contributed by atoms with Crippen molar-refractivity contribution < 1.29 is 9.59 Å². The van der Waals surface area contributed by atoms with Crippen LogP contribution >= 0.6 is 11.3 Å². The van der Waals surface area contributed by atoms with Crippen molar-refractivity contribution in [1.82, 2.24) is 5.32 Å². The molecule has 5 heteroatoms. The Bertz CT molecular complexity index is 648. The second kappa shape index (κ2) is 7.92. The predicted octanol–water partition coefficient (Wildman–Crippen LogP) is 3.76.